The zero-order valence-corrected chi connectivity index (χ0v) is 12.9. The number of hydrogen-bond donors (Lipinski definition) is 2. The second-order valence-corrected chi connectivity index (χ2v) is 6.58. The summed E-state index contributed by atoms with van der Waals surface area (Å²) in [5.74, 6) is 1.43. The van der Waals surface area contributed by atoms with Crippen LogP contribution in [0.25, 0.3) is 0 Å². The molecule has 1 saturated heterocycles. The lowest BCUT2D eigenvalue weighted by Gasteiger charge is -2.30. The molecule has 0 saturated carbocycles. The molecule has 0 bridgehead atoms. The Morgan fingerprint density at radius 1 is 1.52 bits per heavy atom. The first-order valence-corrected chi connectivity index (χ1v) is 8.23. The molecule has 2 N–H and O–H groups in total. The highest BCUT2D eigenvalue weighted by Gasteiger charge is 2.25. The highest BCUT2D eigenvalue weighted by atomic mass is 16.2. The van der Waals surface area contributed by atoms with Crippen molar-refractivity contribution in [3.63, 3.8) is 0 Å². The standard InChI is InChI=1S/C16H26N4O/c1-12(13-4-2-6-17-9-13)8-16(21)20-7-3-5-15-14(11-20)10-18-19-15/h10,12-13,17H,2-9,11H2,1H3,(H,18,19). The Bertz CT molecular complexity index is 478. The van der Waals surface area contributed by atoms with Crippen LogP contribution >= 0.6 is 0 Å². The summed E-state index contributed by atoms with van der Waals surface area (Å²) >= 11 is 0. The smallest absolute Gasteiger partial charge is 0.223 e. The first kappa shape index (κ1) is 14.6. The normalized spacial score (nSPS) is 24.2. The van der Waals surface area contributed by atoms with Gasteiger partial charge in [-0.05, 0) is 50.6 Å². The predicted octanol–water partition coefficient (Wildman–Crippen LogP) is 1.71. The molecule has 5 nitrogen and oxygen atoms in total. The van der Waals surface area contributed by atoms with Crippen LogP contribution in [0.2, 0.25) is 0 Å². The molecule has 5 heteroatoms. The van der Waals surface area contributed by atoms with E-state index >= 15 is 0 Å². The van der Waals surface area contributed by atoms with Crippen molar-refractivity contribution in [1.29, 1.82) is 0 Å². The summed E-state index contributed by atoms with van der Waals surface area (Å²) in [6, 6.07) is 0. The summed E-state index contributed by atoms with van der Waals surface area (Å²) in [4.78, 5) is 14.6. The maximum atomic E-state index is 12.6. The third-order valence-corrected chi connectivity index (χ3v) is 5.01. The molecular weight excluding hydrogens is 264 g/mol. The Balaban J connectivity index is 1.57. The monoisotopic (exact) mass is 290 g/mol. The van der Waals surface area contributed by atoms with E-state index in [1.807, 2.05) is 11.1 Å². The van der Waals surface area contributed by atoms with Crippen molar-refractivity contribution >= 4 is 5.91 Å². The van der Waals surface area contributed by atoms with E-state index in [4.69, 9.17) is 0 Å². The minimum absolute atomic E-state index is 0.308. The second-order valence-electron chi connectivity index (χ2n) is 6.58. The summed E-state index contributed by atoms with van der Waals surface area (Å²) in [6.45, 7) is 6.03. The fourth-order valence-electron chi connectivity index (χ4n) is 3.57. The molecule has 1 fully saturated rings. The van der Waals surface area contributed by atoms with E-state index in [9.17, 15) is 4.79 Å². The largest absolute Gasteiger partial charge is 0.338 e. The third kappa shape index (κ3) is 3.46. The Kier molecular flexibility index (Phi) is 4.58. The zero-order valence-electron chi connectivity index (χ0n) is 12.9. The van der Waals surface area contributed by atoms with Gasteiger partial charge in [0, 0.05) is 30.8 Å². The molecule has 2 aliphatic heterocycles. The minimum atomic E-state index is 0.308. The molecule has 0 spiro atoms. The van der Waals surface area contributed by atoms with Crippen LogP contribution in [0, 0.1) is 11.8 Å². The molecule has 0 aliphatic carbocycles. The third-order valence-electron chi connectivity index (χ3n) is 5.01. The van der Waals surface area contributed by atoms with Crippen molar-refractivity contribution in [1.82, 2.24) is 20.4 Å². The SMILES string of the molecule is CC(CC(=O)N1CCCc2[nH]ncc2C1)C1CCCNC1. The number of rotatable bonds is 3. The average Bonchev–Trinajstić information content (AvgIpc) is 2.85. The van der Waals surface area contributed by atoms with Gasteiger partial charge in [-0.25, -0.2) is 0 Å². The lowest BCUT2D eigenvalue weighted by molar-refractivity contribution is -0.133. The molecule has 1 amide bonds. The van der Waals surface area contributed by atoms with Gasteiger partial charge < -0.3 is 10.2 Å². The lowest BCUT2D eigenvalue weighted by atomic mass is 9.85. The maximum absolute atomic E-state index is 12.6. The first-order chi connectivity index (χ1) is 10.2. The van der Waals surface area contributed by atoms with E-state index < -0.39 is 0 Å². The summed E-state index contributed by atoms with van der Waals surface area (Å²) in [5, 5.41) is 10.6. The van der Waals surface area contributed by atoms with Gasteiger partial charge in [-0.1, -0.05) is 6.92 Å². The highest BCUT2D eigenvalue weighted by Crippen LogP contribution is 2.24. The van der Waals surface area contributed by atoms with Crippen molar-refractivity contribution in [2.75, 3.05) is 19.6 Å². The number of carbonyl (C=O) groups is 1. The van der Waals surface area contributed by atoms with Crippen LogP contribution in [0.4, 0.5) is 0 Å². The maximum Gasteiger partial charge on any atom is 0.223 e. The van der Waals surface area contributed by atoms with Crippen molar-refractivity contribution in [2.45, 2.75) is 45.6 Å². The fraction of sp³-hybridized carbons (Fsp3) is 0.750. The van der Waals surface area contributed by atoms with E-state index in [-0.39, 0.29) is 0 Å². The van der Waals surface area contributed by atoms with Gasteiger partial charge in [-0.15, -0.1) is 0 Å². The molecule has 0 radical (unpaired) electrons. The van der Waals surface area contributed by atoms with Gasteiger partial charge >= 0.3 is 0 Å². The van der Waals surface area contributed by atoms with E-state index in [0.717, 1.165) is 39.0 Å². The number of aromatic amines is 1. The quantitative estimate of drug-likeness (QED) is 0.891. The molecular formula is C16H26N4O. The van der Waals surface area contributed by atoms with Crippen LogP contribution in [0.3, 0.4) is 0 Å². The molecule has 1 aromatic heterocycles. The molecule has 3 rings (SSSR count). The van der Waals surface area contributed by atoms with Crippen LogP contribution < -0.4 is 5.32 Å². The molecule has 1 aromatic rings. The predicted molar refractivity (Wildman–Crippen MR) is 81.7 cm³/mol. The number of carbonyl (C=O) groups excluding carboxylic acids is 1. The van der Waals surface area contributed by atoms with Crippen molar-refractivity contribution in [2.24, 2.45) is 11.8 Å². The lowest BCUT2D eigenvalue weighted by Crippen LogP contribution is -2.37. The van der Waals surface area contributed by atoms with E-state index in [1.165, 1.54) is 24.1 Å². The van der Waals surface area contributed by atoms with E-state index in [1.54, 1.807) is 0 Å². The molecule has 0 aromatic carbocycles. The number of nitrogens with one attached hydrogen (secondary N) is 2. The van der Waals surface area contributed by atoms with Gasteiger partial charge in [0.1, 0.15) is 0 Å². The molecule has 3 heterocycles. The van der Waals surface area contributed by atoms with E-state index in [2.05, 4.69) is 22.4 Å². The highest BCUT2D eigenvalue weighted by molar-refractivity contribution is 5.76. The number of nitrogens with zero attached hydrogens (tertiary/aromatic N) is 2. The molecule has 2 unspecified atom stereocenters. The number of fused-ring (bicyclic) bond motifs is 1. The first-order valence-electron chi connectivity index (χ1n) is 8.23. The number of amides is 1. The van der Waals surface area contributed by atoms with Gasteiger partial charge in [0.2, 0.25) is 5.91 Å². The number of H-pyrrole nitrogens is 1. The number of piperidine rings is 1. The van der Waals surface area contributed by atoms with Gasteiger partial charge in [0.25, 0.3) is 0 Å². The minimum Gasteiger partial charge on any atom is -0.338 e. The summed E-state index contributed by atoms with van der Waals surface area (Å²) in [5.41, 5.74) is 2.39. The van der Waals surface area contributed by atoms with Gasteiger partial charge in [-0.3, -0.25) is 9.89 Å². The van der Waals surface area contributed by atoms with E-state index in [0.29, 0.717) is 24.2 Å². The topological polar surface area (TPSA) is 61.0 Å². The van der Waals surface area contributed by atoms with Gasteiger partial charge in [-0.2, -0.15) is 5.10 Å². The van der Waals surface area contributed by atoms with Crippen LogP contribution in [-0.4, -0.2) is 40.6 Å². The molecule has 2 aliphatic rings. The number of aryl methyl sites for hydroxylation is 1. The van der Waals surface area contributed by atoms with Gasteiger partial charge in [0.05, 0.1) is 6.20 Å². The molecule has 21 heavy (non-hydrogen) atoms. The fourth-order valence-corrected chi connectivity index (χ4v) is 3.57. The number of aromatic nitrogens is 2. The Morgan fingerprint density at radius 2 is 2.43 bits per heavy atom. The second kappa shape index (κ2) is 6.60. The Hall–Kier alpha value is -1.36. The van der Waals surface area contributed by atoms with Crippen LogP contribution in [0.5, 0.6) is 0 Å². The zero-order chi connectivity index (χ0) is 14.7. The van der Waals surface area contributed by atoms with Crippen LogP contribution in [-0.2, 0) is 17.8 Å². The van der Waals surface area contributed by atoms with Gasteiger partial charge in [0.15, 0.2) is 0 Å². The molecule has 116 valence electrons. The van der Waals surface area contributed by atoms with Crippen molar-refractivity contribution < 1.29 is 4.79 Å². The summed E-state index contributed by atoms with van der Waals surface area (Å²) in [7, 11) is 0. The van der Waals surface area contributed by atoms with Crippen molar-refractivity contribution in [3.8, 4) is 0 Å². The van der Waals surface area contributed by atoms with Crippen LogP contribution in [0.15, 0.2) is 6.20 Å². The Morgan fingerprint density at radius 3 is 3.24 bits per heavy atom. The Labute approximate surface area is 126 Å². The molecule has 2 atom stereocenters. The van der Waals surface area contributed by atoms with Crippen molar-refractivity contribution in [3.05, 3.63) is 17.5 Å². The van der Waals surface area contributed by atoms with Crippen LogP contribution in [0.1, 0.15) is 43.9 Å². The summed E-state index contributed by atoms with van der Waals surface area (Å²) < 4.78 is 0. The average molecular weight is 290 g/mol. The summed E-state index contributed by atoms with van der Waals surface area (Å²) in [6.07, 6.45) is 7.08. The number of hydrogen-bond acceptors (Lipinski definition) is 3.